The zero-order valence-corrected chi connectivity index (χ0v) is 16.5. The second kappa shape index (κ2) is 8.09. The molecule has 0 unspecified atom stereocenters. The molecule has 0 saturated carbocycles. The molecule has 0 saturated heterocycles. The first kappa shape index (κ1) is 18.7. The maximum atomic E-state index is 12.7. The number of hydrazine groups is 1. The summed E-state index contributed by atoms with van der Waals surface area (Å²) in [5.41, 5.74) is 5.33. The van der Waals surface area contributed by atoms with Crippen LogP contribution in [0.1, 0.15) is 15.4 Å². The van der Waals surface area contributed by atoms with Gasteiger partial charge in [-0.25, -0.2) is 4.98 Å². The van der Waals surface area contributed by atoms with E-state index in [-0.39, 0.29) is 5.91 Å². The number of carbonyl (C=O) groups is 1. The van der Waals surface area contributed by atoms with Gasteiger partial charge in [-0.1, -0.05) is 18.2 Å². The van der Waals surface area contributed by atoms with Crippen LogP contribution in [-0.4, -0.2) is 32.2 Å². The van der Waals surface area contributed by atoms with Crippen LogP contribution in [0.25, 0.3) is 10.6 Å². The van der Waals surface area contributed by atoms with E-state index in [0.29, 0.717) is 22.1 Å². The molecule has 27 heavy (non-hydrogen) atoms. The summed E-state index contributed by atoms with van der Waals surface area (Å²) >= 11 is 1.34. The van der Waals surface area contributed by atoms with Gasteiger partial charge in [0.05, 0.1) is 25.6 Å². The van der Waals surface area contributed by atoms with Crippen molar-refractivity contribution in [1.82, 2.24) is 10.4 Å². The van der Waals surface area contributed by atoms with Crippen LogP contribution >= 0.6 is 11.3 Å². The van der Waals surface area contributed by atoms with Gasteiger partial charge in [0.15, 0.2) is 11.5 Å². The molecule has 0 fully saturated rings. The second-order valence-corrected chi connectivity index (χ2v) is 6.84. The molecule has 1 heterocycles. The van der Waals surface area contributed by atoms with E-state index in [1.807, 2.05) is 55.5 Å². The van der Waals surface area contributed by atoms with Crippen molar-refractivity contribution in [3.8, 4) is 22.1 Å². The van der Waals surface area contributed by atoms with Crippen LogP contribution in [0.2, 0.25) is 0 Å². The summed E-state index contributed by atoms with van der Waals surface area (Å²) in [4.78, 5) is 17.8. The van der Waals surface area contributed by atoms with E-state index in [2.05, 4.69) is 10.4 Å². The van der Waals surface area contributed by atoms with E-state index in [9.17, 15) is 4.79 Å². The zero-order valence-electron chi connectivity index (χ0n) is 15.6. The molecular formula is C20H21N3O3S. The third kappa shape index (κ3) is 4.03. The number of nitrogens with one attached hydrogen (secondary N) is 1. The zero-order chi connectivity index (χ0) is 19.4. The van der Waals surface area contributed by atoms with Gasteiger partial charge in [-0.15, -0.1) is 11.3 Å². The number of rotatable bonds is 6. The lowest BCUT2D eigenvalue weighted by atomic mass is 10.2. The molecule has 1 amide bonds. The maximum Gasteiger partial charge on any atom is 0.281 e. The van der Waals surface area contributed by atoms with Gasteiger partial charge in [0.2, 0.25) is 0 Å². The highest BCUT2D eigenvalue weighted by Crippen LogP contribution is 2.35. The summed E-state index contributed by atoms with van der Waals surface area (Å²) < 4.78 is 10.6. The van der Waals surface area contributed by atoms with Crippen molar-refractivity contribution >= 4 is 22.9 Å². The first-order valence-corrected chi connectivity index (χ1v) is 9.14. The average Bonchev–Trinajstić information content (AvgIpc) is 3.09. The van der Waals surface area contributed by atoms with Crippen LogP contribution in [0.15, 0.2) is 48.5 Å². The molecule has 0 aliphatic carbocycles. The molecule has 6 nitrogen and oxygen atoms in total. The third-order valence-corrected chi connectivity index (χ3v) is 5.25. The topological polar surface area (TPSA) is 63.7 Å². The fraction of sp³-hybridized carbons (Fsp3) is 0.200. The number of amides is 1. The maximum absolute atomic E-state index is 12.7. The number of hydrogen-bond donors (Lipinski definition) is 1. The summed E-state index contributed by atoms with van der Waals surface area (Å²) in [5, 5.41) is 2.44. The summed E-state index contributed by atoms with van der Waals surface area (Å²) in [7, 11) is 4.99. The van der Waals surface area contributed by atoms with E-state index in [0.717, 1.165) is 16.3 Å². The quantitative estimate of drug-likeness (QED) is 0.654. The standard InChI is InChI=1S/C20H21N3O3S/c1-13-18(19(24)22-23(2)15-8-6-5-7-9-15)27-20(21-13)14-10-11-16(25-3)17(12-14)26-4/h5-12H,1-4H3,(H,22,24). The Balaban J connectivity index is 1.83. The van der Waals surface area contributed by atoms with Crippen molar-refractivity contribution in [3.05, 3.63) is 59.1 Å². The Morgan fingerprint density at radius 3 is 2.44 bits per heavy atom. The van der Waals surface area contributed by atoms with Gasteiger partial charge in [0.1, 0.15) is 9.88 Å². The number of para-hydroxylation sites is 1. The molecule has 0 bridgehead atoms. The fourth-order valence-electron chi connectivity index (χ4n) is 2.62. The van der Waals surface area contributed by atoms with Crippen molar-refractivity contribution < 1.29 is 14.3 Å². The second-order valence-electron chi connectivity index (χ2n) is 5.84. The van der Waals surface area contributed by atoms with Crippen molar-refractivity contribution in [2.45, 2.75) is 6.92 Å². The van der Waals surface area contributed by atoms with Gasteiger partial charge in [-0.2, -0.15) is 0 Å². The van der Waals surface area contributed by atoms with E-state index < -0.39 is 0 Å². The van der Waals surface area contributed by atoms with Crippen LogP contribution in [0, 0.1) is 6.92 Å². The van der Waals surface area contributed by atoms with E-state index in [1.165, 1.54) is 11.3 Å². The largest absolute Gasteiger partial charge is 0.493 e. The Hall–Kier alpha value is -3.06. The summed E-state index contributed by atoms with van der Waals surface area (Å²) in [6, 6.07) is 15.2. The van der Waals surface area contributed by atoms with Crippen LogP contribution in [-0.2, 0) is 0 Å². The van der Waals surface area contributed by atoms with Crippen LogP contribution in [0.5, 0.6) is 11.5 Å². The van der Waals surface area contributed by atoms with Crippen molar-refractivity contribution in [3.63, 3.8) is 0 Å². The Morgan fingerprint density at radius 2 is 1.78 bits per heavy atom. The van der Waals surface area contributed by atoms with Crippen molar-refractivity contribution in [2.75, 3.05) is 26.3 Å². The molecular weight excluding hydrogens is 362 g/mol. The van der Waals surface area contributed by atoms with E-state index in [1.54, 1.807) is 26.3 Å². The van der Waals surface area contributed by atoms with Crippen LogP contribution in [0.4, 0.5) is 5.69 Å². The fourth-order valence-corrected chi connectivity index (χ4v) is 3.57. The molecule has 0 aliphatic heterocycles. The lowest BCUT2D eigenvalue weighted by Crippen LogP contribution is -2.39. The monoisotopic (exact) mass is 383 g/mol. The Labute approximate surface area is 162 Å². The van der Waals surface area contributed by atoms with Crippen molar-refractivity contribution in [2.24, 2.45) is 0 Å². The first-order chi connectivity index (χ1) is 13.0. The highest BCUT2D eigenvalue weighted by Gasteiger charge is 2.18. The number of hydrogen-bond acceptors (Lipinski definition) is 6. The molecule has 7 heteroatoms. The molecule has 3 rings (SSSR count). The van der Waals surface area contributed by atoms with Gasteiger partial charge >= 0.3 is 0 Å². The van der Waals surface area contributed by atoms with Gasteiger partial charge in [0.25, 0.3) is 5.91 Å². The van der Waals surface area contributed by atoms with E-state index in [4.69, 9.17) is 9.47 Å². The smallest absolute Gasteiger partial charge is 0.281 e. The SMILES string of the molecule is COc1ccc(-c2nc(C)c(C(=O)NN(C)c3ccccc3)s2)cc1OC. The molecule has 0 atom stereocenters. The predicted molar refractivity (Wildman–Crippen MR) is 108 cm³/mol. The number of carbonyl (C=O) groups excluding carboxylic acids is 1. The van der Waals surface area contributed by atoms with E-state index >= 15 is 0 Å². The average molecular weight is 383 g/mol. The number of ether oxygens (including phenoxy) is 2. The number of aryl methyl sites for hydroxylation is 1. The van der Waals surface area contributed by atoms with Crippen LogP contribution in [0.3, 0.4) is 0 Å². The molecule has 140 valence electrons. The first-order valence-electron chi connectivity index (χ1n) is 8.33. The lowest BCUT2D eigenvalue weighted by molar-refractivity contribution is 0.0954. The van der Waals surface area contributed by atoms with Gasteiger partial charge in [0, 0.05) is 12.6 Å². The number of nitrogens with zero attached hydrogens (tertiary/aromatic N) is 2. The number of anilines is 1. The Morgan fingerprint density at radius 1 is 1.07 bits per heavy atom. The predicted octanol–water partition coefficient (Wildman–Crippen LogP) is 3.92. The molecule has 1 N–H and O–H groups in total. The summed E-state index contributed by atoms with van der Waals surface area (Å²) in [6.45, 7) is 1.83. The Kier molecular flexibility index (Phi) is 5.61. The number of methoxy groups -OCH3 is 2. The normalized spacial score (nSPS) is 10.4. The van der Waals surface area contributed by atoms with Gasteiger partial charge in [-0.3, -0.25) is 15.2 Å². The molecule has 3 aromatic rings. The minimum atomic E-state index is -0.192. The molecule has 2 aromatic carbocycles. The number of aromatic nitrogens is 1. The van der Waals surface area contributed by atoms with Crippen molar-refractivity contribution in [1.29, 1.82) is 0 Å². The molecule has 1 aromatic heterocycles. The minimum Gasteiger partial charge on any atom is -0.493 e. The summed E-state index contributed by atoms with van der Waals surface area (Å²) in [6.07, 6.45) is 0. The highest BCUT2D eigenvalue weighted by atomic mass is 32.1. The Bertz CT molecular complexity index is 941. The molecule has 0 spiro atoms. The lowest BCUT2D eigenvalue weighted by Gasteiger charge is -2.19. The molecule has 0 aliphatic rings. The van der Waals surface area contributed by atoms with Crippen LogP contribution < -0.4 is 19.9 Å². The van der Waals surface area contributed by atoms with Gasteiger partial charge < -0.3 is 9.47 Å². The summed E-state index contributed by atoms with van der Waals surface area (Å²) in [5.74, 6) is 1.08. The number of benzene rings is 2. The minimum absolute atomic E-state index is 0.192. The third-order valence-electron chi connectivity index (χ3n) is 4.05. The highest BCUT2D eigenvalue weighted by molar-refractivity contribution is 7.17. The molecule has 0 radical (unpaired) electrons. The van der Waals surface area contributed by atoms with Gasteiger partial charge in [-0.05, 0) is 37.3 Å². The number of thiazole rings is 1.